The second-order valence-corrected chi connectivity index (χ2v) is 4.27. The second-order valence-electron chi connectivity index (χ2n) is 2.76. The third-order valence-electron chi connectivity index (χ3n) is 1.92. The van der Waals surface area contributed by atoms with Crippen LogP contribution in [0.1, 0.15) is 31.3 Å². The van der Waals surface area contributed by atoms with Crippen molar-refractivity contribution in [3.05, 3.63) is 20.5 Å². The summed E-state index contributed by atoms with van der Waals surface area (Å²) in [7, 11) is 0. The molecule has 0 amide bonds. The van der Waals surface area contributed by atoms with Crippen LogP contribution >= 0.6 is 31.9 Å². The van der Waals surface area contributed by atoms with Crippen LogP contribution < -0.4 is 0 Å². The van der Waals surface area contributed by atoms with E-state index in [0.717, 1.165) is 16.5 Å². The van der Waals surface area contributed by atoms with Crippen molar-refractivity contribution in [2.75, 3.05) is 0 Å². The van der Waals surface area contributed by atoms with Gasteiger partial charge in [-0.3, -0.25) is 4.79 Å². The molecule has 1 atom stereocenters. The Labute approximate surface area is 99.1 Å². The maximum Gasteiger partial charge on any atom is 0.293 e. The predicted molar refractivity (Wildman–Crippen MR) is 59.1 cm³/mol. The maximum absolute atomic E-state index is 10.2. The molecule has 0 aliphatic rings. The average molecular weight is 326 g/mol. The molecule has 0 N–H and O–H groups in total. The lowest BCUT2D eigenvalue weighted by atomic mass is 10.1. The normalized spacial score (nSPS) is 12.6. The lowest BCUT2D eigenvalue weighted by molar-refractivity contribution is -0.133. The SMILES string of the molecule is CCc1c(C(C)OC=O)oc(Br)c1Br. The molecule has 3 nitrogen and oxygen atoms in total. The lowest BCUT2D eigenvalue weighted by Gasteiger charge is -2.07. The van der Waals surface area contributed by atoms with Crippen molar-refractivity contribution in [2.45, 2.75) is 26.4 Å². The molecule has 5 heteroatoms. The molecule has 0 saturated heterocycles. The molecule has 0 aromatic carbocycles. The molecule has 0 spiro atoms. The number of carbonyl (C=O) groups is 1. The van der Waals surface area contributed by atoms with Crippen LogP contribution in [-0.4, -0.2) is 6.47 Å². The topological polar surface area (TPSA) is 39.4 Å². The van der Waals surface area contributed by atoms with Crippen molar-refractivity contribution >= 4 is 38.3 Å². The van der Waals surface area contributed by atoms with Gasteiger partial charge < -0.3 is 9.15 Å². The number of rotatable bonds is 4. The molecule has 1 aromatic heterocycles. The van der Waals surface area contributed by atoms with Gasteiger partial charge in [-0.05, 0) is 45.2 Å². The standard InChI is InChI=1S/C9H10Br2O3/c1-3-6-7(10)9(11)14-8(6)5(2)13-4-12/h4-5H,3H2,1-2H3. The molecule has 1 heterocycles. The molecule has 1 rings (SSSR count). The van der Waals surface area contributed by atoms with E-state index in [1.54, 1.807) is 6.92 Å². The minimum Gasteiger partial charge on any atom is -0.457 e. The van der Waals surface area contributed by atoms with Gasteiger partial charge in [-0.25, -0.2) is 0 Å². The summed E-state index contributed by atoms with van der Waals surface area (Å²) >= 11 is 6.67. The van der Waals surface area contributed by atoms with Crippen LogP contribution in [0.4, 0.5) is 0 Å². The first kappa shape index (κ1) is 11.8. The summed E-state index contributed by atoms with van der Waals surface area (Å²) in [6.45, 7) is 4.21. The fourth-order valence-electron chi connectivity index (χ4n) is 1.23. The number of carbonyl (C=O) groups excluding carboxylic acids is 1. The number of ether oxygens (including phenoxy) is 1. The van der Waals surface area contributed by atoms with E-state index >= 15 is 0 Å². The molecule has 78 valence electrons. The molecule has 0 radical (unpaired) electrons. The molecule has 1 aromatic rings. The van der Waals surface area contributed by atoms with Gasteiger partial charge in [-0.2, -0.15) is 0 Å². The smallest absolute Gasteiger partial charge is 0.293 e. The van der Waals surface area contributed by atoms with Gasteiger partial charge in [-0.1, -0.05) is 6.92 Å². The largest absolute Gasteiger partial charge is 0.457 e. The van der Waals surface area contributed by atoms with Gasteiger partial charge in [0.15, 0.2) is 10.8 Å². The van der Waals surface area contributed by atoms with E-state index in [2.05, 4.69) is 31.9 Å². The van der Waals surface area contributed by atoms with E-state index in [-0.39, 0.29) is 6.10 Å². The Hall–Kier alpha value is -0.290. The Morgan fingerprint density at radius 1 is 1.57 bits per heavy atom. The fraction of sp³-hybridized carbons (Fsp3) is 0.444. The predicted octanol–water partition coefficient (Wildman–Crippen LogP) is 3.60. The number of hydrogen-bond acceptors (Lipinski definition) is 3. The van der Waals surface area contributed by atoms with Crippen LogP contribution in [0.25, 0.3) is 0 Å². The number of halogens is 2. The lowest BCUT2D eigenvalue weighted by Crippen LogP contribution is -1.99. The molecule has 0 aliphatic carbocycles. The summed E-state index contributed by atoms with van der Waals surface area (Å²) in [6.07, 6.45) is 0.461. The summed E-state index contributed by atoms with van der Waals surface area (Å²) in [6, 6.07) is 0. The quantitative estimate of drug-likeness (QED) is 0.794. The third-order valence-corrected chi connectivity index (χ3v) is 3.85. The van der Waals surface area contributed by atoms with E-state index in [0.29, 0.717) is 16.9 Å². The van der Waals surface area contributed by atoms with Crippen LogP contribution in [0.2, 0.25) is 0 Å². The average Bonchev–Trinajstić information content (AvgIpc) is 2.44. The van der Waals surface area contributed by atoms with Crippen molar-refractivity contribution in [1.29, 1.82) is 0 Å². The van der Waals surface area contributed by atoms with Crippen molar-refractivity contribution in [1.82, 2.24) is 0 Å². The second kappa shape index (κ2) is 4.98. The van der Waals surface area contributed by atoms with Crippen LogP contribution in [-0.2, 0) is 16.0 Å². The highest BCUT2D eigenvalue weighted by atomic mass is 79.9. The minimum atomic E-state index is -0.356. The molecule has 0 saturated carbocycles. The molecule has 0 fully saturated rings. The third kappa shape index (κ3) is 2.20. The van der Waals surface area contributed by atoms with Gasteiger partial charge in [0.25, 0.3) is 6.47 Å². The summed E-state index contributed by atoms with van der Waals surface area (Å²) in [5, 5.41) is 0. The summed E-state index contributed by atoms with van der Waals surface area (Å²) < 4.78 is 11.8. The highest BCUT2D eigenvalue weighted by Crippen LogP contribution is 2.36. The van der Waals surface area contributed by atoms with E-state index in [1.807, 2.05) is 6.92 Å². The van der Waals surface area contributed by atoms with Gasteiger partial charge in [-0.15, -0.1) is 0 Å². The maximum atomic E-state index is 10.2. The van der Waals surface area contributed by atoms with E-state index < -0.39 is 0 Å². The fourth-order valence-corrected chi connectivity index (χ4v) is 2.20. The van der Waals surface area contributed by atoms with Crippen LogP contribution in [0.3, 0.4) is 0 Å². The summed E-state index contributed by atoms with van der Waals surface area (Å²) in [5.41, 5.74) is 1.02. The van der Waals surface area contributed by atoms with E-state index in [9.17, 15) is 4.79 Å². The Balaban J connectivity index is 3.07. The summed E-state index contributed by atoms with van der Waals surface area (Å²) in [5.74, 6) is 0.679. The van der Waals surface area contributed by atoms with Crippen molar-refractivity contribution in [2.24, 2.45) is 0 Å². The highest BCUT2D eigenvalue weighted by molar-refractivity contribution is 9.13. The van der Waals surface area contributed by atoms with Gasteiger partial charge >= 0.3 is 0 Å². The Morgan fingerprint density at radius 2 is 2.21 bits per heavy atom. The van der Waals surface area contributed by atoms with Crippen molar-refractivity contribution in [3.8, 4) is 0 Å². The first-order valence-electron chi connectivity index (χ1n) is 4.17. The zero-order valence-corrected chi connectivity index (χ0v) is 11.0. The number of hydrogen-bond donors (Lipinski definition) is 0. The first-order valence-corrected chi connectivity index (χ1v) is 5.76. The van der Waals surface area contributed by atoms with Crippen molar-refractivity contribution < 1.29 is 13.9 Å². The summed E-state index contributed by atoms with van der Waals surface area (Å²) in [4.78, 5) is 10.2. The molecule has 0 bridgehead atoms. The van der Waals surface area contributed by atoms with Gasteiger partial charge in [0.1, 0.15) is 5.76 Å². The van der Waals surface area contributed by atoms with Crippen molar-refractivity contribution in [3.63, 3.8) is 0 Å². The Kier molecular flexibility index (Phi) is 4.19. The zero-order valence-electron chi connectivity index (χ0n) is 7.84. The van der Waals surface area contributed by atoms with Gasteiger partial charge in [0.2, 0.25) is 0 Å². The van der Waals surface area contributed by atoms with Gasteiger partial charge in [0.05, 0.1) is 4.47 Å². The molecular weight excluding hydrogens is 316 g/mol. The zero-order chi connectivity index (χ0) is 10.7. The van der Waals surface area contributed by atoms with E-state index in [4.69, 9.17) is 9.15 Å². The van der Waals surface area contributed by atoms with Crippen LogP contribution in [0.5, 0.6) is 0 Å². The monoisotopic (exact) mass is 324 g/mol. The molecule has 14 heavy (non-hydrogen) atoms. The Bertz CT molecular complexity index is 333. The van der Waals surface area contributed by atoms with Crippen LogP contribution in [0.15, 0.2) is 13.6 Å². The molecule has 0 aliphatic heterocycles. The van der Waals surface area contributed by atoms with E-state index in [1.165, 1.54) is 0 Å². The minimum absolute atomic E-state index is 0.356. The molecular formula is C9H10Br2O3. The Morgan fingerprint density at radius 3 is 2.71 bits per heavy atom. The molecule has 1 unspecified atom stereocenters. The highest BCUT2D eigenvalue weighted by Gasteiger charge is 2.20. The first-order chi connectivity index (χ1) is 6.61. The number of furan rings is 1. The van der Waals surface area contributed by atoms with Crippen LogP contribution in [0, 0.1) is 0 Å². The van der Waals surface area contributed by atoms with Gasteiger partial charge in [0, 0.05) is 5.56 Å².